The molecule has 156 valence electrons. The minimum atomic E-state index is -0.180. The number of methoxy groups -OCH3 is 1. The number of carbonyl (C=O) groups is 2. The van der Waals surface area contributed by atoms with E-state index in [2.05, 4.69) is 10.2 Å². The van der Waals surface area contributed by atoms with Crippen LogP contribution in [0.25, 0.3) is 0 Å². The van der Waals surface area contributed by atoms with Gasteiger partial charge in [0.1, 0.15) is 17.3 Å². The molecule has 0 aliphatic rings. The predicted molar refractivity (Wildman–Crippen MR) is 113 cm³/mol. The van der Waals surface area contributed by atoms with Gasteiger partial charge in [0.25, 0.3) is 5.91 Å². The standard InChI is InChI=1S/C23H30N2O4/c1-17(26)8-9-18-10-12-20(13-11-18)29-16-23(27)24-15-22(25(2)3)19-6-5-7-21(14-19)28-4/h5-7,10-14,22H,8-9,15-16H2,1-4H3,(H,24,27). The molecule has 1 atom stereocenters. The molecule has 0 saturated carbocycles. The predicted octanol–water partition coefficient (Wildman–Crippen LogP) is 3.01. The Kier molecular flexibility index (Phi) is 8.68. The summed E-state index contributed by atoms with van der Waals surface area (Å²) in [4.78, 5) is 25.3. The zero-order valence-electron chi connectivity index (χ0n) is 17.6. The maximum Gasteiger partial charge on any atom is 0.258 e. The highest BCUT2D eigenvalue weighted by Gasteiger charge is 2.16. The van der Waals surface area contributed by atoms with E-state index >= 15 is 0 Å². The van der Waals surface area contributed by atoms with Crippen molar-refractivity contribution in [3.8, 4) is 11.5 Å². The molecule has 1 N–H and O–H groups in total. The molecule has 6 nitrogen and oxygen atoms in total. The Morgan fingerprint density at radius 1 is 1.07 bits per heavy atom. The maximum atomic E-state index is 12.2. The van der Waals surface area contributed by atoms with Crippen LogP contribution in [0, 0.1) is 0 Å². The highest BCUT2D eigenvalue weighted by atomic mass is 16.5. The second-order valence-corrected chi connectivity index (χ2v) is 7.19. The molecule has 0 aliphatic heterocycles. The summed E-state index contributed by atoms with van der Waals surface area (Å²) in [7, 11) is 5.58. The lowest BCUT2D eigenvalue weighted by Crippen LogP contribution is -2.36. The molecule has 0 heterocycles. The number of nitrogens with zero attached hydrogens (tertiary/aromatic N) is 1. The molecule has 0 radical (unpaired) electrons. The van der Waals surface area contributed by atoms with E-state index in [0.717, 1.165) is 16.9 Å². The van der Waals surface area contributed by atoms with Gasteiger partial charge in [-0.3, -0.25) is 4.79 Å². The van der Waals surface area contributed by atoms with Gasteiger partial charge in [0.05, 0.1) is 13.2 Å². The first-order valence-corrected chi connectivity index (χ1v) is 9.67. The van der Waals surface area contributed by atoms with Crippen molar-refractivity contribution in [2.24, 2.45) is 0 Å². The molecular formula is C23H30N2O4. The number of likely N-dealkylation sites (N-methyl/N-ethyl adjacent to an activating group) is 1. The number of ketones is 1. The lowest BCUT2D eigenvalue weighted by Gasteiger charge is -2.25. The van der Waals surface area contributed by atoms with Gasteiger partial charge in [-0.15, -0.1) is 0 Å². The lowest BCUT2D eigenvalue weighted by atomic mass is 10.1. The third kappa shape index (κ3) is 7.58. The zero-order chi connectivity index (χ0) is 21.2. The molecule has 1 amide bonds. The van der Waals surface area contributed by atoms with Crippen LogP contribution in [0.1, 0.15) is 30.5 Å². The number of hydrogen-bond donors (Lipinski definition) is 1. The summed E-state index contributed by atoms with van der Waals surface area (Å²) in [5.74, 6) is 1.41. The molecule has 2 aromatic rings. The van der Waals surface area contributed by atoms with Gasteiger partial charge in [0, 0.05) is 13.0 Å². The van der Waals surface area contributed by atoms with E-state index in [1.807, 2.05) is 62.6 Å². The summed E-state index contributed by atoms with van der Waals surface area (Å²) in [6.07, 6.45) is 1.25. The number of Topliss-reactive ketones (excluding diaryl/α,β-unsaturated/α-hetero) is 1. The molecule has 1 unspecified atom stereocenters. The van der Waals surface area contributed by atoms with E-state index in [0.29, 0.717) is 25.1 Å². The van der Waals surface area contributed by atoms with Gasteiger partial charge in [-0.1, -0.05) is 24.3 Å². The normalized spacial score (nSPS) is 11.8. The Morgan fingerprint density at radius 2 is 1.79 bits per heavy atom. The van der Waals surface area contributed by atoms with Crippen molar-refractivity contribution in [1.29, 1.82) is 0 Å². The highest BCUT2D eigenvalue weighted by Crippen LogP contribution is 2.22. The van der Waals surface area contributed by atoms with E-state index in [4.69, 9.17) is 9.47 Å². The van der Waals surface area contributed by atoms with E-state index in [1.165, 1.54) is 0 Å². The van der Waals surface area contributed by atoms with Crippen molar-refractivity contribution in [2.45, 2.75) is 25.8 Å². The first-order chi connectivity index (χ1) is 13.9. The van der Waals surface area contributed by atoms with Gasteiger partial charge in [-0.25, -0.2) is 0 Å². The molecular weight excluding hydrogens is 368 g/mol. The van der Waals surface area contributed by atoms with Crippen LogP contribution in [0.2, 0.25) is 0 Å². The first-order valence-electron chi connectivity index (χ1n) is 9.67. The summed E-state index contributed by atoms with van der Waals surface area (Å²) in [6, 6.07) is 15.3. The lowest BCUT2D eigenvalue weighted by molar-refractivity contribution is -0.123. The van der Waals surface area contributed by atoms with Crippen molar-refractivity contribution in [1.82, 2.24) is 10.2 Å². The molecule has 0 saturated heterocycles. The number of ether oxygens (including phenoxy) is 2. The Hall–Kier alpha value is -2.86. The first kappa shape index (κ1) is 22.4. The minimum absolute atomic E-state index is 0.0228. The minimum Gasteiger partial charge on any atom is -0.497 e. The zero-order valence-corrected chi connectivity index (χ0v) is 17.6. The number of aryl methyl sites for hydroxylation is 1. The summed E-state index contributed by atoms with van der Waals surface area (Å²) in [5, 5.41) is 2.93. The van der Waals surface area contributed by atoms with Gasteiger partial charge in [0.15, 0.2) is 6.61 Å². The monoisotopic (exact) mass is 398 g/mol. The van der Waals surface area contributed by atoms with Crippen LogP contribution >= 0.6 is 0 Å². The van der Waals surface area contributed by atoms with Crippen molar-refractivity contribution < 1.29 is 19.1 Å². The molecule has 0 spiro atoms. The number of carbonyl (C=O) groups excluding carboxylic acids is 2. The average molecular weight is 399 g/mol. The maximum absolute atomic E-state index is 12.2. The molecule has 2 aromatic carbocycles. The third-order valence-corrected chi connectivity index (χ3v) is 4.65. The fourth-order valence-electron chi connectivity index (χ4n) is 2.93. The Labute approximate surface area is 172 Å². The van der Waals surface area contributed by atoms with Crippen LogP contribution in [-0.2, 0) is 16.0 Å². The van der Waals surface area contributed by atoms with Crippen molar-refractivity contribution >= 4 is 11.7 Å². The smallest absolute Gasteiger partial charge is 0.258 e. The number of benzene rings is 2. The number of amides is 1. The molecule has 2 rings (SSSR count). The molecule has 0 aromatic heterocycles. The van der Waals surface area contributed by atoms with Gasteiger partial charge < -0.3 is 24.5 Å². The van der Waals surface area contributed by atoms with Crippen LogP contribution in [0.15, 0.2) is 48.5 Å². The Morgan fingerprint density at radius 3 is 2.41 bits per heavy atom. The van der Waals surface area contributed by atoms with Gasteiger partial charge >= 0.3 is 0 Å². The number of rotatable bonds is 11. The Bertz CT molecular complexity index is 803. The molecule has 6 heteroatoms. The van der Waals surface area contributed by atoms with Crippen LogP contribution in [0.4, 0.5) is 0 Å². The average Bonchev–Trinajstić information content (AvgIpc) is 2.71. The van der Waals surface area contributed by atoms with E-state index in [-0.39, 0.29) is 24.3 Å². The van der Waals surface area contributed by atoms with E-state index < -0.39 is 0 Å². The fraction of sp³-hybridized carbons (Fsp3) is 0.391. The van der Waals surface area contributed by atoms with Crippen LogP contribution in [0.5, 0.6) is 11.5 Å². The van der Waals surface area contributed by atoms with Crippen LogP contribution in [0.3, 0.4) is 0 Å². The van der Waals surface area contributed by atoms with E-state index in [9.17, 15) is 9.59 Å². The van der Waals surface area contributed by atoms with Crippen molar-refractivity contribution in [2.75, 3.05) is 34.4 Å². The number of nitrogens with one attached hydrogen (secondary N) is 1. The SMILES string of the molecule is COc1cccc(C(CNC(=O)COc2ccc(CCC(C)=O)cc2)N(C)C)c1. The number of hydrogen-bond acceptors (Lipinski definition) is 5. The van der Waals surface area contributed by atoms with Gasteiger partial charge in [0.2, 0.25) is 0 Å². The third-order valence-electron chi connectivity index (χ3n) is 4.65. The highest BCUT2D eigenvalue weighted by molar-refractivity contribution is 5.77. The topological polar surface area (TPSA) is 67.9 Å². The molecule has 0 aliphatic carbocycles. The summed E-state index contributed by atoms with van der Waals surface area (Å²) >= 11 is 0. The largest absolute Gasteiger partial charge is 0.497 e. The van der Waals surface area contributed by atoms with Gasteiger partial charge in [-0.05, 0) is 62.8 Å². The molecule has 0 fully saturated rings. The van der Waals surface area contributed by atoms with Gasteiger partial charge in [-0.2, -0.15) is 0 Å². The quantitative estimate of drug-likeness (QED) is 0.630. The molecule has 29 heavy (non-hydrogen) atoms. The summed E-state index contributed by atoms with van der Waals surface area (Å²) < 4.78 is 10.9. The fourth-order valence-corrected chi connectivity index (χ4v) is 2.93. The van der Waals surface area contributed by atoms with Crippen LogP contribution < -0.4 is 14.8 Å². The summed E-state index contributed by atoms with van der Waals surface area (Å²) in [6.45, 7) is 2.00. The Balaban J connectivity index is 1.83. The van der Waals surface area contributed by atoms with E-state index in [1.54, 1.807) is 14.0 Å². The van der Waals surface area contributed by atoms with Crippen molar-refractivity contribution in [3.63, 3.8) is 0 Å². The van der Waals surface area contributed by atoms with Crippen molar-refractivity contribution in [3.05, 3.63) is 59.7 Å². The van der Waals surface area contributed by atoms with Crippen LogP contribution in [-0.4, -0.2) is 50.9 Å². The second kappa shape index (κ2) is 11.2. The second-order valence-electron chi connectivity index (χ2n) is 7.19. The summed E-state index contributed by atoms with van der Waals surface area (Å²) in [5.41, 5.74) is 2.14. The molecule has 0 bridgehead atoms.